The Morgan fingerprint density at radius 2 is 1.53 bits per heavy atom. The SMILES string of the molecule is CN1C[C@@H]2C(C(=O)O)[C@@H]2C1.O=C(O)C(F)(F)F. The van der Waals surface area contributed by atoms with Crippen molar-refractivity contribution in [3.8, 4) is 0 Å². The van der Waals surface area contributed by atoms with Gasteiger partial charge in [0.05, 0.1) is 5.92 Å². The third kappa shape index (κ3) is 3.32. The fourth-order valence-electron chi connectivity index (χ4n) is 2.10. The van der Waals surface area contributed by atoms with Crippen molar-refractivity contribution in [1.29, 1.82) is 0 Å². The lowest BCUT2D eigenvalue weighted by Gasteiger charge is -2.09. The predicted molar refractivity (Wildman–Crippen MR) is 49.3 cm³/mol. The second kappa shape index (κ2) is 4.52. The Bertz CT molecular complexity index is 319. The molecule has 1 aliphatic heterocycles. The van der Waals surface area contributed by atoms with Gasteiger partial charge in [-0.15, -0.1) is 0 Å². The number of carboxylic acid groups (broad SMARTS) is 2. The number of likely N-dealkylation sites (tertiary alicyclic amines) is 1. The summed E-state index contributed by atoms with van der Waals surface area (Å²) in [6.45, 7) is 1.98. The molecule has 3 atom stereocenters. The molecule has 2 fully saturated rings. The summed E-state index contributed by atoms with van der Waals surface area (Å²) in [4.78, 5) is 21.6. The summed E-state index contributed by atoms with van der Waals surface area (Å²) in [6.07, 6.45) is -5.08. The van der Waals surface area contributed by atoms with Gasteiger partial charge in [0.25, 0.3) is 0 Å². The van der Waals surface area contributed by atoms with Crippen molar-refractivity contribution in [1.82, 2.24) is 4.90 Å². The molecule has 2 N–H and O–H groups in total. The zero-order chi connectivity index (χ0) is 13.4. The molecule has 98 valence electrons. The fraction of sp³-hybridized carbons (Fsp3) is 0.778. The van der Waals surface area contributed by atoms with Crippen molar-refractivity contribution >= 4 is 11.9 Å². The van der Waals surface area contributed by atoms with E-state index in [1.165, 1.54) is 0 Å². The highest BCUT2D eigenvalue weighted by Gasteiger charge is 2.58. The summed E-state index contributed by atoms with van der Waals surface area (Å²) < 4.78 is 31.7. The van der Waals surface area contributed by atoms with Crippen molar-refractivity contribution in [3.05, 3.63) is 0 Å². The van der Waals surface area contributed by atoms with Crippen LogP contribution in [-0.4, -0.2) is 53.4 Å². The topological polar surface area (TPSA) is 77.8 Å². The first-order valence-corrected chi connectivity index (χ1v) is 4.86. The van der Waals surface area contributed by atoms with E-state index in [1.807, 2.05) is 7.05 Å². The lowest BCUT2D eigenvalue weighted by Crippen LogP contribution is -2.21. The van der Waals surface area contributed by atoms with Gasteiger partial charge in [-0.2, -0.15) is 13.2 Å². The fourth-order valence-corrected chi connectivity index (χ4v) is 2.10. The maximum atomic E-state index is 10.6. The normalized spacial score (nSPS) is 31.2. The van der Waals surface area contributed by atoms with Gasteiger partial charge in [-0.3, -0.25) is 4.79 Å². The number of fused-ring (bicyclic) bond motifs is 1. The molecule has 0 aromatic heterocycles. The van der Waals surface area contributed by atoms with Crippen molar-refractivity contribution in [3.63, 3.8) is 0 Å². The van der Waals surface area contributed by atoms with Crippen LogP contribution in [0.1, 0.15) is 0 Å². The predicted octanol–water partition coefficient (Wildman–Crippen LogP) is 0.512. The number of alkyl halides is 3. The van der Waals surface area contributed by atoms with Crippen LogP contribution in [0.4, 0.5) is 13.2 Å². The smallest absolute Gasteiger partial charge is 0.481 e. The van der Waals surface area contributed by atoms with Crippen LogP contribution < -0.4 is 0 Å². The van der Waals surface area contributed by atoms with Crippen LogP contribution in [0.5, 0.6) is 0 Å². The van der Waals surface area contributed by atoms with Crippen LogP contribution in [0, 0.1) is 17.8 Å². The summed E-state index contributed by atoms with van der Waals surface area (Å²) in [5, 5.41) is 15.8. The standard InChI is InChI=1S/C7H11NO2.C2HF3O2/c1-8-2-4-5(3-8)6(4)7(9)10;3-2(4,5)1(6)7/h4-6H,2-3H2,1H3,(H,9,10);(H,6,7)/t4-,5+,6?;. The van der Waals surface area contributed by atoms with Crippen LogP contribution in [0.3, 0.4) is 0 Å². The monoisotopic (exact) mass is 255 g/mol. The van der Waals surface area contributed by atoms with E-state index in [0.717, 1.165) is 13.1 Å². The van der Waals surface area contributed by atoms with Gasteiger partial charge in [-0.05, 0) is 18.9 Å². The van der Waals surface area contributed by atoms with Crippen LogP contribution in [-0.2, 0) is 9.59 Å². The molecule has 0 spiro atoms. The first kappa shape index (κ1) is 13.8. The summed E-state index contributed by atoms with van der Waals surface area (Å²) in [7, 11) is 2.05. The molecule has 0 aromatic rings. The molecule has 17 heavy (non-hydrogen) atoms. The molecule has 2 aliphatic rings. The molecule has 0 radical (unpaired) electrons. The van der Waals surface area contributed by atoms with E-state index in [2.05, 4.69) is 4.90 Å². The Morgan fingerprint density at radius 1 is 1.18 bits per heavy atom. The van der Waals surface area contributed by atoms with Gasteiger partial charge < -0.3 is 15.1 Å². The number of carbonyl (C=O) groups is 2. The van der Waals surface area contributed by atoms with Gasteiger partial charge in [-0.25, -0.2) is 4.79 Å². The molecule has 1 aliphatic carbocycles. The number of carboxylic acids is 2. The molecule has 2 rings (SSSR count). The number of hydrogen-bond donors (Lipinski definition) is 2. The second-order valence-corrected chi connectivity index (χ2v) is 4.22. The number of aliphatic carboxylic acids is 2. The third-order valence-electron chi connectivity index (χ3n) is 2.90. The minimum absolute atomic E-state index is 0.00352. The van der Waals surface area contributed by atoms with Crippen molar-refractivity contribution in [2.24, 2.45) is 17.8 Å². The summed E-state index contributed by atoms with van der Waals surface area (Å²) in [6, 6.07) is 0. The Balaban J connectivity index is 0.000000185. The van der Waals surface area contributed by atoms with E-state index in [9.17, 15) is 18.0 Å². The van der Waals surface area contributed by atoms with Crippen LogP contribution in [0.2, 0.25) is 0 Å². The number of rotatable bonds is 1. The lowest BCUT2D eigenvalue weighted by molar-refractivity contribution is -0.192. The van der Waals surface area contributed by atoms with E-state index in [4.69, 9.17) is 15.0 Å². The van der Waals surface area contributed by atoms with Crippen LogP contribution in [0.15, 0.2) is 0 Å². The quantitative estimate of drug-likeness (QED) is 0.714. The molecule has 1 unspecified atom stereocenters. The highest BCUT2D eigenvalue weighted by Crippen LogP contribution is 2.51. The summed E-state index contributed by atoms with van der Waals surface area (Å²) in [5.41, 5.74) is 0. The van der Waals surface area contributed by atoms with E-state index < -0.39 is 18.1 Å². The number of piperidine rings is 1. The molecule has 5 nitrogen and oxygen atoms in total. The van der Waals surface area contributed by atoms with Crippen molar-refractivity contribution in [2.45, 2.75) is 6.18 Å². The molecule has 8 heteroatoms. The molecular weight excluding hydrogens is 243 g/mol. The molecule has 1 heterocycles. The third-order valence-corrected chi connectivity index (χ3v) is 2.90. The lowest BCUT2D eigenvalue weighted by atomic mass is 10.3. The molecule has 0 aromatic carbocycles. The molecule has 1 saturated heterocycles. The number of nitrogens with zero attached hydrogens (tertiary/aromatic N) is 1. The van der Waals surface area contributed by atoms with Crippen molar-refractivity contribution in [2.75, 3.05) is 20.1 Å². The molecular formula is C9H12F3NO4. The Morgan fingerprint density at radius 3 is 1.76 bits per heavy atom. The van der Waals surface area contributed by atoms with Gasteiger partial charge >= 0.3 is 18.1 Å². The zero-order valence-electron chi connectivity index (χ0n) is 8.94. The zero-order valence-corrected chi connectivity index (χ0v) is 8.94. The van der Waals surface area contributed by atoms with Gasteiger partial charge in [0.15, 0.2) is 0 Å². The van der Waals surface area contributed by atoms with Crippen LogP contribution in [0.25, 0.3) is 0 Å². The maximum Gasteiger partial charge on any atom is 0.490 e. The second-order valence-electron chi connectivity index (χ2n) is 4.22. The van der Waals surface area contributed by atoms with Gasteiger partial charge in [0.1, 0.15) is 0 Å². The summed E-state index contributed by atoms with van der Waals surface area (Å²) in [5.74, 6) is -2.41. The van der Waals surface area contributed by atoms with E-state index >= 15 is 0 Å². The Hall–Kier alpha value is -1.31. The molecule has 1 saturated carbocycles. The van der Waals surface area contributed by atoms with Gasteiger partial charge in [0, 0.05) is 13.1 Å². The van der Waals surface area contributed by atoms with Crippen molar-refractivity contribution < 1.29 is 33.0 Å². The Labute approximate surface area is 94.8 Å². The number of hydrogen-bond acceptors (Lipinski definition) is 3. The first-order chi connectivity index (χ1) is 7.64. The maximum absolute atomic E-state index is 10.6. The van der Waals surface area contributed by atoms with Crippen LogP contribution >= 0.6 is 0 Å². The largest absolute Gasteiger partial charge is 0.490 e. The average Bonchev–Trinajstić information content (AvgIpc) is 2.65. The number of halogens is 3. The van der Waals surface area contributed by atoms with E-state index in [1.54, 1.807) is 0 Å². The first-order valence-electron chi connectivity index (χ1n) is 4.86. The minimum Gasteiger partial charge on any atom is -0.481 e. The highest BCUT2D eigenvalue weighted by atomic mass is 19.4. The van der Waals surface area contributed by atoms with E-state index in [-0.39, 0.29) is 5.92 Å². The minimum atomic E-state index is -5.08. The van der Waals surface area contributed by atoms with Gasteiger partial charge in [0.2, 0.25) is 0 Å². The summed E-state index contributed by atoms with van der Waals surface area (Å²) >= 11 is 0. The van der Waals surface area contributed by atoms with Gasteiger partial charge in [-0.1, -0.05) is 0 Å². The van der Waals surface area contributed by atoms with E-state index in [0.29, 0.717) is 11.8 Å². The highest BCUT2D eigenvalue weighted by molar-refractivity contribution is 5.74. The average molecular weight is 255 g/mol. The molecule has 0 amide bonds. The Kier molecular flexibility index (Phi) is 3.65. The molecule has 0 bridgehead atoms.